The van der Waals surface area contributed by atoms with Gasteiger partial charge in [-0.25, -0.2) is 0 Å². The molecule has 3 aromatic rings. The molecule has 3 rings (SSSR count). The maximum Gasteiger partial charge on any atom is 0.205 e. The Bertz CT molecular complexity index is 771. The van der Waals surface area contributed by atoms with Crippen LogP contribution in [0.3, 0.4) is 0 Å². The number of hydrogen-bond donors (Lipinski definition) is 1. The maximum absolute atomic E-state index is 5.31. The van der Waals surface area contributed by atoms with Crippen LogP contribution in [0.5, 0.6) is 5.75 Å². The van der Waals surface area contributed by atoms with Crippen molar-refractivity contribution in [3.05, 3.63) is 70.2 Å². The minimum Gasteiger partial charge on any atom is -0.497 e. The van der Waals surface area contributed by atoms with Crippen LogP contribution >= 0.6 is 11.3 Å². The lowest BCUT2D eigenvalue weighted by molar-refractivity contribution is 0.414. The fraction of sp³-hybridized carbons (Fsp3) is 0.222. The molecule has 0 aliphatic heterocycles. The fourth-order valence-corrected chi connectivity index (χ4v) is 3.16. The molecule has 5 heteroatoms. The van der Waals surface area contributed by atoms with Crippen molar-refractivity contribution >= 4 is 16.5 Å². The molecular formula is C18H19N3OS. The zero-order valence-electron chi connectivity index (χ0n) is 13.2. The van der Waals surface area contributed by atoms with Gasteiger partial charge < -0.3 is 10.1 Å². The molecule has 1 heterocycles. The van der Waals surface area contributed by atoms with Crippen LogP contribution in [0.4, 0.5) is 5.13 Å². The Kier molecular flexibility index (Phi) is 4.88. The zero-order chi connectivity index (χ0) is 16.1. The lowest BCUT2D eigenvalue weighted by atomic mass is 10.1. The van der Waals surface area contributed by atoms with E-state index in [-0.39, 0.29) is 0 Å². The predicted octanol–water partition coefficient (Wildman–Crippen LogP) is 4.06. The molecule has 2 aromatic carbocycles. The highest BCUT2D eigenvalue weighted by Gasteiger charge is 2.06. The molecule has 0 atom stereocenters. The maximum atomic E-state index is 5.31. The second-order valence-electron chi connectivity index (χ2n) is 5.38. The fourth-order valence-electron chi connectivity index (χ4n) is 2.39. The molecule has 0 saturated heterocycles. The summed E-state index contributed by atoms with van der Waals surface area (Å²) in [6, 6.07) is 16.5. The third-order valence-electron chi connectivity index (χ3n) is 3.46. The van der Waals surface area contributed by atoms with Crippen molar-refractivity contribution in [2.45, 2.75) is 19.9 Å². The van der Waals surface area contributed by atoms with E-state index >= 15 is 0 Å². The second kappa shape index (κ2) is 7.24. The number of methoxy groups -OCH3 is 1. The van der Waals surface area contributed by atoms with Gasteiger partial charge in [0.1, 0.15) is 10.8 Å². The van der Waals surface area contributed by atoms with E-state index in [9.17, 15) is 0 Å². The number of aryl methyl sites for hydroxylation is 1. The van der Waals surface area contributed by atoms with E-state index in [4.69, 9.17) is 4.74 Å². The topological polar surface area (TPSA) is 47.0 Å². The van der Waals surface area contributed by atoms with E-state index < -0.39 is 0 Å². The van der Waals surface area contributed by atoms with Crippen LogP contribution < -0.4 is 10.1 Å². The van der Waals surface area contributed by atoms with Crippen LogP contribution in [0.15, 0.2) is 48.5 Å². The molecule has 0 fully saturated rings. The highest BCUT2D eigenvalue weighted by Crippen LogP contribution is 2.21. The van der Waals surface area contributed by atoms with Gasteiger partial charge in [-0.3, -0.25) is 0 Å². The quantitative estimate of drug-likeness (QED) is 0.742. The molecule has 0 bridgehead atoms. The number of nitrogens with zero attached hydrogens (tertiary/aromatic N) is 2. The molecule has 0 spiro atoms. The Morgan fingerprint density at radius 2 is 1.87 bits per heavy atom. The zero-order valence-corrected chi connectivity index (χ0v) is 14.1. The minimum atomic E-state index is 0.706. The number of aromatic nitrogens is 2. The second-order valence-corrected chi connectivity index (χ2v) is 6.44. The molecule has 1 aromatic heterocycles. The first kappa shape index (κ1) is 15.5. The van der Waals surface area contributed by atoms with Crippen LogP contribution in [0, 0.1) is 6.92 Å². The average Bonchev–Trinajstić information content (AvgIpc) is 3.01. The number of hydrogen-bond acceptors (Lipinski definition) is 5. The number of nitrogens with one attached hydrogen (secondary N) is 1. The van der Waals surface area contributed by atoms with E-state index in [2.05, 4.69) is 40.6 Å². The van der Waals surface area contributed by atoms with E-state index in [0.717, 1.165) is 22.3 Å². The van der Waals surface area contributed by atoms with Crippen LogP contribution in [0.2, 0.25) is 0 Å². The Hall–Kier alpha value is -2.40. The van der Waals surface area contributed by atoms with Gasteiger partial charge in [-0.05, 0) is 35.7 Å². The van der Waals surface area contributed by atoms with Gasteiger partial charge in [0.15, 0.2) is 0 Å². The van der Waals surface area contributed by atoms with Gasteiger partial charge in [0.05, 0.1) is 7.11 Å². The third-order valence-corrected chi connectivity index (χ3v) is 4.34. The van der Waals surface area contributed by atoms with Crippen molar-refractivity contribution in [3.8, 4) is 5.75 Å². The summed E-state index contributed by atoms with van der Waals surface area (Å²) >= 11 is 1.60. The number of rotatable bonds is 6. The molecule has 0 radical (unpaired) electrons. The smallest absolute Gasteiger partial charge is 0.205 e. The first-order valence-electron chi connectivity index (χ1n) is 7.47. The van der Waals surface area contributed by atoms with Crippen molar-refractivity contribution in [2.24, 2.45) is 0 Å². The van der Waals surface area contributed by atoms with Crippen LogP contribution in [-0.2, 0) is 13.0 Å². The third kappa shape index (κ3) is 4.29. The number of benzene rings is 2. The lowest BCUT2D eigenvalue weighted by Crippen LogP contribution is -2.00. The average molecular weight is 325 g/mol. The van der Waals surface area contributed by atoms with Crippen molar-refractivity contribution in [3.63, 3.8) is 0 Å². The molecule has 1 N–H and O–H groups in total. The lowest BCUT2D eigenvalue weighted by Gasteiger charge is -2.07. The molecule has 0 aliphatic carbocycles. The summed E-state index contributed by atoms with van der Waals surface area (Å²) in [7, 11) is 1.69. The normalized spacial score (nSPS) is 10.5. The van der Waals surface area contributed by atoms with E-state index in [1.54, 1.807) is 18.4 Å². The summed E-state index contributed by atoms with van der Waals surface area (Å²) < 4.78 is 5.31. The Labute approximate surface area is 140 Å². The summed E-state index contributed by atoms with van der Waals surface area (Å²) in [4.78, 5) is 0. The molecule has 23 heavy (non-hydrogen) atoms. The Morgan fingerprint density at radius 3 is 2.65 bits per heavy atom. The first-order valence-corrected chi connectivity index (χ1v) is 8.29. The van der Waals surface area contributed by atoms with Crippen molar-refractivity contribution in [1.29, 1.82) is 0 Å². The molecule has 0 unspecified atom stereocenters. The van der Waals surface area contributed by atoms with Gasteiger partial charge in [0.25, 0.3) is 0 Å². The van der Waals surface area contributed by atoms with Gasteiger partial charge in [0, 0.05) is 13.0 Å². The Balaban J connectivity index is 1.62. The Morgan fingerprint density at radius 1 is 1.04 bits per heavy atom. The van der Waals surface area contributed by atoms with E-state index in [1.807, 2.05) is 30.3 Å². The van der Waals surface area contributed by atoms with Crippen LogP contribution in [0.1, 0.15) is 21.7 Å². The summed E-state index contributed by atoms with van der Waals surface area (Å²) in [5.41, 5.74) is 3.60. The SMILES string of the molecule is COc1cc(C)cc(CNc2nnc(Cc3ccccc3)s2)c1. The molecule has 0 amide bonds. The van der Waals surface area contributed by atoms with E-state index in [1.165, 1.54) is 16.7 Å². The van der Waals surface area contributed by atoms with E-state index in [0.29, 0.717) is 6.54 Å². The summed E-state index contributed by atoms with van der Waals surface area (Å²) in [6.45, 7) is 2.77. The summed E-state index contributed by atoms with van der Waals surface area (Å²) in [5.74, 6) is 0.879. The number of ether oxygens (including phenoxy) is 1. The first-order chi connectivity index (χ1) is 11.2. The van der Waals surface area contributed by atoms with Crippen LogP contribution in [0.25, 0.3) is 0 Å². The molecular weight excluding hydrogens is 306 g/mol. The predicted molar refractivity (Wildman–Crippen MR) is 94.2 cm³/mol. The monoisotopic (exact) mass is 325 g/mol. The highest BCUT2D eigenvalue weighted by molar-refractivity contribution is 7.15. The molecule has 118 valence electrons. The minimum absolute atomic E-state index is 0.706. The highest BCUT2D eigenvalue weighted by atomic mass is 32.1. The molecule has 4 nitrogen and oxygen atoms in total. The number of anilines is 1. The van der Waals surface area contributed by atoms with Gasteiger partial charge in [-0.2, -0.15) is 0 Å². The van der Waals surface area contributed by atoms with Gasteiger partial charge >= 0.3 is 0 Å². The summed E-state index contributed by atoms with van der Waals surface area (Å²) in [6.07, 6.45) is 0.818. The van der Waals surface area contributed by atoms with Gasteiger partial charge in [-0.1, -0.05) is 47.7 Å². The largest absolute Gasteiger partial charge is 0.497 e. The van der Waals surface area contributed by atoms with Crippen molar-refractivity contribution < 1.29 is 4.74 Å². The van der Waals surface area contributed by atoms with Gasteiger partial charge in [0.2, 0.25) is 5.13 Å². The summed E-state index contributed by atoms with van der Waals surface area (Å²) in [5, 5.41) is 13.7. The molecule has 0 aliphatic rings. The molecule has 0 saturated carbocycles. The van der Waals surface area contributed by atoms with Crippen molar-refractivity contribution in [1.82, 2.24) is 10.2 Å². The standard InChI is InChI=1S/C18H19N3OS/c1-13-8-15(10-16(9-13)22-2)12-19-18-21-20-17(23-18)11-14-6-4-3-5-7-14/h3-10H,11-12H2,1-2H3,(H,19,21). The van der Waals surface area contributed by atoms with Crippen molar-refractivity contribution in [2.75, 3.05) is 12.4 Å². The van der Waals surface area contributed by atoms with Gasteiger partial charge in [-0.15, -0.1) is 10.2 Å². The van der Waals surface area contributed by atoms with Crippen LogP contribution in [-0.4, -0.2) is 17.3 Å².